The Labute approximate surface area is 83.9 Å². The first-order valence-corrected chi connectivity index (χ1v) is 4.11. The van der Waals surface area contributed by atoms with E-state index in [1.54, 1.807) is 0 Å². The Hall–Kier alpha value is -1.72. The summed E-state index contributed by atoms with van der Waals surface area (Å²) in [7, 11) is 1.18. The Morgan fingerprint density at radius 2 is 2.20 bits per heavy atom. The quantitative estimate of drug-likeness (QED) is 0.769. The van der Waals surface area contributed by atoms with Crippen molar-refractivity contribution in [2.75, 3.05) is 7.11 Å². The molecule has 0 spiro atoms. The topological polar surface area (TPSA) is 59.2 Å². The van der Waals surface area contributed by atoms with Crippen LogP contribution in [0.3, 0.4) is 0 Å². The first kappa shape index (κ1) is 11.4. The van der Waals surface area contributed by atoms with Crippen LogP contribution in [0.15, 0.2) is 16.9 Å². The van der Waals surface area contributed by atoms with Gasteiger partial charge in [0.2, 0.25) is 0 Å². The van der Waals surface area contributed by atoms with E-state index in [2.05, 4.69) is 9.72 Å². The molecule has 0 bridgehead atoms. The third-order valence-electron chi connectivity index (χ3n) is 1.72. The summed E-state index contributed by atoms with van der Waals surface area (Å²) in [6.07, 6.45) is -3.00. The molecule has 1 heterocycles. The molecule has 0 saturated carbocycles. The summed E-state index contributed by atoms with van der Waals surface area (Å²) in [5, 5.41) is 0. The van der Waals surface area contributed by atoms with Gasteiger partial charge in [0.05, 0.1) is 19.2 Å². The average Bonchev–Trinajstić information content (AvgIpc) is 2.16. The second-order valence-corrected chi connectivity index (χ2v) is 2.85. The Kier molecular flexibility index (Phi) is 3.54. The third kappa shape index (κ3) is 3.16. The number of aromatic nitrogens is 1. The number of pyridine rings is 1. The second-order valence-electron chi connectivity index (χ2n) is 2.85. The minimum Gasteiger partial charge on any atom is -0.469 e. The van der Waals surface area contributed by atoms with Crippen LogP contribution < -0.4 is 5.43 Å². The van der Waals surface area contributed by atoms with E-state index < -0.39 is 23.5 Å². The summed E-state index contributed by atoms with van der Waals surface area (Å²) in [5.74, 6) is -0.600. The van der Waals surface area contributed by atoms with Gasteiger partial charge in [0.1, 0.15) is 0 Å². The Bertz CT molecular complexity index is 414. The van der Waals surface area contributed by atoms with Crippen molar-refractivity contribution in [2.24, 2.45) is 0 Å². The lowest BCUT2D eigenvalue weighted by atomic mass is 10.2. The fourth-order valence-electron chi connectivity index (χ4n) is 1.06. The number of nitrogens with one attached hydrogen (secondary N) is 1. The van der Waals surface area contributed by atoms with Crippen LogP contribution in [0.4, 0.5) is 8.78 Å². The summed E-state index contributed by atoms with van der Waals surface area (Å²) >= 11 is 0. The van der Waals surface area contributed by atoms with Gasteiger partial charge < -0.3 is 9.72 Å². The molecule has 0 aromatic carbocycles. The molecule has 1 aromatic rings. The van der Waals surface area contributed by atoms with Gasteiger partial charge >= 0.3 is 5.97 Å². The van der Waals surface area contributed by atoms with Crippen molar-refractivity contribution >= 4 is 5.97 Å². The van der Waals surface area contributed by atoms with Gasteiger partial charge in [-0.05, 0) is 0 Å². The number of hydrogen-bond acceptors (Lipinski definition) is 3. The summed E-state index contributed by atoms with van der Waals surface area (Å²) in [5.41, 5.74) is -0.950. The highest BCUT2D eigenvalue weighted by atomic mass is 19.3. The van der Waals surface area contributed by atoms with Crippen LogP contribution in [-0.2, 0) is 16.0 Å². The molecule has 0 radical (unpaired) electrons. The third-order valence-corrected chi connectivity index (χ3v) is 1.72. The maximum absolute atomic E-state index is 12.3. The highest BCUT2D eigenvalue weighted by Gasteiger charge is 2.11. The lowest BCUT2D eigenvalue weighted by Gasteiger charge is -2.03. The van der Waals surface area contributed by atoms with Gasteiger partial charge in [0, 0.05) is 17.8 Å². The van der Waals surface area contributed by atoms with Crippen LogP contribution in [0.1, 0.15) is 17.8 Å². The van der Waals surface area contributed by atoms with Crippen LogP contribution in [-0.4, -0.2) is 18.1 Å². The zero-order valence-corrected chi connectivity index (χ0v) is 7.92. The molecule has 6 heteroatoms. The van der Waals surface area contributed by atoms with E-state index >= 15 is 0 Å². The van der Waals surface area contributed by atoms with E-state index in [9.17, 15) is 18.4 Å². The van der Waals surface area contributed by atoms with Gasteiger partial charge in [-0.1, -0.05) is 0 Å². The normalized spacial score (nSPS) is 10.4. The predicted octanol–water partition coefficient (Wildman–Crippen LogP) is 1.03. The molecule has 15 heavy (non-hydrogen) atoms. The summed E-state index contributed by atoms with van der Waals surface area (Å²) < 4.78 is 28.9. The number of halogens is 2. The van der Waals surface area contributed by atoms with Crippen LogP contribution in [0.25, 0.3) is 0 Å². The molecule has 1 rings (SSSR count). The fraction of sp³-hybridized carbons (Fsp3) is 0.333. The molecule has 0 amide bonds. The first-order valence-electron chi connectivity index (χ1n) is 4.11. The summed E-state index contributed by atoms with van der Waals surface area (Å²) in [6, 6.07) is 1.88. The molecule has 0 fully saturated rings. The second kappa shape index (κ2) is 4.68. The summed E-state index contributed by atoms with van der Waals surface area (Å²) in [4.78, 5) is 24.1. The molecule has 0 aliphatic carbocycles. The zero-order chi connectivity index (χ0) is 11.4. The SMILES string of the molecule is COC(=O)Cc1cc(=O)cc(C(F)F)[nH]1. The molecular weight excluding hydrogens is 208 g/mol. The van der Waals surface area contributed by atoms with Gasteiger partial charge in [-0.3, -0.25) is 9.59 Å². The van der Waals surface area contributed by atoms with Gasteiger partial charge in [-0.2, -0.15) is 0 Å². The van der Waals surface area contributed by atoms with Crippen LogP contribution in [0, 0.1) is 0 Å². The van der Waals surface area contributed by atoms with Crippen molar-refractivity contribution < 1.29 is 18.3 Å². The summed E-state index contributed by atoms with van der Waals surface area (Å²) in [6.45, 7) is 0. The lowest BCUT2D eigenvalue weighted by Crippen LogP contribution is -2.12. The number of esters is 1. The lowest BCUT2D eigenvalue weighted by molar-refractivity contribution is -0.139. The molecule has 0 aliphatic heterocycles. The van der Waals surface area contributed by atoms with Crippen molar-refractivity contribution in [3.8, 4) is 0 Å². The monoisotopic (exact) mass is 217 g/mol. The number of alkyl halides is 2. The smallest absolute Gasteiger partial charge is 0.311 e. The Morgan fingerprint density at radius 1 is 1.53 bits per heavy atom. The Balaban J connectivity index is 2.99. The maximum atomic E-state index is 12.3. The van der Waals surface area contributed by atoms with Crippen LogP contribution in [0.5, 0.6) is 0 Å². The fourth-order valence-corrected chi connectivity index (χ4v) is 1.06. The van der Waals surface area contributed by atoms with Crippen molar-refractivity contribution in [3.63, 3.8) is 0 Å². The van der Waals surface area contributed by atoms with Gasteiger partial charge in [0.25, 0.3) is 6.43 Å². The molecule has 82 valence electrons. The number of methoxy groups -OCH3 is 1. The highest BCUT2D eigenvalue weighted by Crippen LogP contribution is 2.14. The number of rotatable bonds is 3. The van der Waals surface area contributed by atoms with E-state index in [0.717, 1.165) is 12.1 Å². The number of carbonyl (C=O) groups is 1. The molecule has 1 aromatic heterocycles. The minimum atomic E-state index is -2.77. The van der Waals surface area contributed by atoms with Gasteiger partial charge in [0.15, 0.2) is 5.43 Å². The first-order chi connectivity index (χ1) is 7.02. The highest BCUT2D eigenvalue weighted by molar-refractivity contribution is 5.71. The molecule has 0 aliphatic rings. The molecule has 0 saturated heterocycles. The van der Waals surface area contributed by atoms with E-state index in [-0.39, 0.29) is 12.1 Å². The van der Waals surface area contributed by atoms with E-state index in [0.29, 0.717) is 0 Å². The maximum Gasteiger partial charge on any atom is 0.311 e. The Morgan fingerprint density at radius 3 is 2.73 bits per heavy atom. The number of H-pyrrole nitrogens is 1. The number of carbonyl (C=O) groups excluding carboxylic acids is 1. The van der Waals surface area contributed by atoms with E-state index in [1.165, 1.54) is 7.11 Å². The minimum absolute atomic E-state index is 0.115. The molecule has 0 atom stereocenters. The zero-order valence-electron chi connectivity index (χ0n) is 7.92. The standard InChI is InChI=1S/C9H9F2NO3/c1-15-8(14)3-5-2-6(13)4-7(12-5)9(10)11/h2,4,9H,3H2,1H3,(H,12,13). The van der Waals surface area contributed by atoms with Crippen molar-refractivity contribution in [1.29, 1.82) is 0 Å². The van der Waals surface area contributed by atoms with Crippen molar-refractivity contribution in [2.45, 2.75) is 12.8 Å². The number of ether oxygens (including phenoxy) is 1. The van der Waals surface area contributed by atoms with Gasteiger partial charge in [-0.25, -0.2) is 8.78 Å². The molecular formula is C9H9F2NO3. The van der Waals surface area contributed by atoms with Crippen molar-refractivity contribution in [3.05, 3.63) is 33.7 Å². The van der Waals surface area contributed by atoms with Gasteiger partial charge in [-0.15, -0.1) is 0 Å². The number of aromatic amines is 1. The van der Waals surface area contributed by atoms with E-state index in [1.807, 2.05) is 0 Å². The average molecular weight is 217 g/mol. The largest absolute Gasteiger partial charge is 0.469 e. The molecule has 1 N–H and O–H groups in total. The van der Waals surface area contributed by atoms with Crippen LogP contribution >= 0.6 is 0 Å². The van der Waals surface area contributed by atoms with Crippen molar-refractivity contribution in [1.82, 2.24) is 4.98 Å². The number of hydrogen-bond donors (Lipinski definition) is 1. The van der Waals surface area contributed by atoms with Crippen LogP contribution in [0.2, 0.25) is 0 Å². The predicted molar refractivity (Wildman–Crippen MR) is 47.7 cm³/mol. The molecule has 4 nitrogen and oxygen atoms in total. The molecule has 0 unspecified atom stereocenters. The van der Waals surface area contributed by atoms with E-state index in [4.69, 9.17) is 0 Å².